The molecule has 3 rings (SSSR count). The van der Waals surface area contributed by atoms with E-state index in [0.717, 1.165) is 5.52 Å². The number of anilines is 1. The molecule has 0 aliphatic heterocycles. The molecule has 0 saturated heterocycles. The van der Waals surface area contributed by atoms with Gasteiger partial charge < -0.3 is 15.4 Å². The molecule has 0 saturated carbocycles. The summed E-state index contributed by atoms with van der Waals surface area (Å²) in [6.45, 7) is 1.66. The second-order valence-corrected chi connectivity index (χ2v) is 5.44. The second kappa shape index (κ2) is 6.61. The Morgan fingerprint density at radius 1 is 1.24 bits per heavy atom. The molecule has 1 atom stereocenters. The monoisotopic (exact) mass is 332 g/mol. The summed E-state index contributed by atoms with van der Waals surface area (Å²) in [5.41, 5.74) is 2.97. The van der Waals surface area contributed by atoms with E-state index in [9.17, 15) is 10.0 Å². The lowest BCUT2D eigenvalue weighted by molar-refractivity contribution is 0.426. The van der Waals surface area contributed by atoms with Gasteiger partial charge in [-0.25, -0.2) is 4.52 Å². The fraction of sp³-hybridized carbons (Fsp3) is 0.125. The number of nitriles is 2. The summed E-state index contributed by atoms with van der Waals surface area (Å²) in [5, 5.41) is 44.1. The summed E-state index contributed by atoms with van der Waals surface area (Å²) in [5.74, 6) is 0. The van der Waals surface area contributed by atoms with Crippen LogP contribution in [0.4, 0.5) is 5.69 Å². The van der Waals surface area contributed by atoms with E-state index >= 15 is 0 Å². The number of nitrogens with one attached hydrogen (secondary N) is 1. The fourth-order valence-corrected chi connectivity index (χ4v) is 2.46. The maximum Gasteiger partial charge on any atom is 0.492 e. The molecule has 0 spiro atoms. The summed E-state index contributed by atoms with van der Waals surface area (Å²) < 4.78 is 1.63. The molecule has 3 aromatic rings. The maximum atomic E-state index is 9.49. The quantitative estimate of drug-likeness (QED) is 0.585. The van der Waals surface area contributed by atoms with E-state index in [4.69, 9.17) is 10.5 Å². The van der Waals surface area contributed by atoms with E-state index in [-0.39, 0.29) is 5.46 Å². The van der Waals surface area contributed by atoms with Gasteiger partial charge in [-0.05, 0) is 31.2 Å². The van der Waals surface area contributed by atoms with Crippen molar-refractivity contribution in [2.45, 2.75) is 13.0 Å². The van der Waals surface area contributed by atoms with Crippen molar-refractivity contribution in [3.8, 4) is 23.5 Å². The zero-order chi connectivity index (χ0) is 18.0. The standard InChI is InChI=1S/C16H13BN6O2/c1-10(6-18)22-14-5-15(20-9-13(14)17(24)25)16-3-2-12-4-11(7-19)8-21-23(12)16/h2-5,8-10,24-25H,1H3,(H,20,22). The minimum atomic E-state index is -1.71. The van der Waals surface area contributed by atoms with Gasteiger partial charge in [-0.3, -0.25) is 4.98 Å². The van der Waals surface area contributed by atoms with Crippen molar-refractivity contribution in [1.29, 1.82) is 10.5 Å². The van der Waals surface area contributed by atoms with Gasteiger partial charge in [0, 0.05) is 17.3 Å². The van der Waals surface area contributed by atoms with Crippen LogP contribution in [0.3, 0.4) is 0 Å². The van der Waals surface area contributed by atoms with Gasteiger partial charge in [0.15, 0.2) is 0 Å². The predicted octanol–water partition coefficient (Wildman–Crippen LogP) is 0.272. The van der Waals surface area contributed by atoms with Gasteiger partial charge in [0.05, 0.1) is 34.7 Å². The fourth-order valence-electron chi connectivity index (χ4n) is 2.46. The third kappa shape index (κ3) is 3.15. The number of fused-ring (bicyclic) bond motifs is 1. The summed E-state index contributed by atoms with van der Waals surface area (Å²) in [4.78, 5) is 4.26. The van der Waals surface area contributed by atoms with Crippen LogP contribution in [0.25, 0.3) is 16.9 Å². The highest BCUT2D eigenvalue weighted by molar-refractivity contribution is 6.60. The second-order valence-electron chi connectivity index (χ2n) is 5.44. The summed E-state index contributed by atoms with van der Waals surface area (Å²) in [6.07, 6.45) is 2.80. The van der Waals surface area contributed by atoms with E-state index in [1.54, 1.807) is 29.6 Å². The number of pyridine rings is 1. The molecule has 3 aromatic heterocycles. The topological polar surface area (TPSA) is 130 Å². The van der Waals surface area contributed by atoms with Gasteiger partial charge >= 0.3 is 7.12 Å². The normalized spacial score (nSPS) is 11.6. The molecule has 9 heteroatoms. The Balaban J connectivity index is 2.10. The Bertz CT molecular complexity index is 1020. The van der Waals surface area contributed by atoms with Crippen LogP contribution < -0.4 is 10.8 Å². The first kappa shape index (κ1) is 16.5. The zero-order valence-corrected chi connectivity index (χ0v) is 13.2. The van der Waals surface area contributed by atoms with Crippen LogP contribution in [0.1, 0.15) is 12.5 Å². The number of nitrogens with zero attached hydrogens (tertiary/aromatic N) is 5. The van der Waals surface area contributed by atoms with E-state index in [1.165, 1.54) is 12.4 Å². The summed E-state index contributed by atoms with van der Waals surface area (Å²) in [7, 11) is -1.71. The average molecular weight is 332 g/mol. The van der Waals surface area contributed by atoms with Crippen LogP contribution in [0.2, 0.25) is 0 Å². The highest BCUT2D eigenvalue weighted by atomic mass is 16.4. The molecule has 0 bridgehead atoms. The number of hydrogen-bond donors (Lipinski definition) is 3. The summed E-state index contributed by atoms with van der Waals surface area (Å²) >= 11 is 0. The van der Waals surface area contributed by atoms with Crippen molar-refractivity contribution >= 4 is 23.8 Å². The average Bonchev–Trinajstić information content (AvgIpc) is 3.04. The number of hydrogen-bond acceptors (Lipinski definition) is 7. The Morgan fingerprint density at radius 3 is 2.72 bits per heavy atom. The Hall–Kier alpha value is -3.40. The molecule has 122 valence electrons. The lowest BCUT2D eigenvalue weighted by Crippen LogP contribution is -2.34. The molecule has 0 amide bonds. The van der Waals surface area contributed by atoms with Gasteiger partial charge in [0.2, 0.25) is 0 Å². The highest BCUT2D eigenvalue weighted by Gasteiger charge is 2.19. The first-order valence-corrected chi connectivity index (χ1v) is 7.44. The minimum absolute atomic E-state index is 0.173. The Labute approximate surface area is 143 Å². The SMILES string of the molecule is CC(C#N)Nc1cc(-c2ccc3cc(C#N)cnn23)ncc1B(O)O. The predicted molar refractivity (Wildman–Crippen MR) is 91.7 cm³/mol. The first-order chi connectivity index (χ1) is 12.0. The molecule has 25 heavy (non-hydrogen) atoms. The molecule has 0 aromatic carbocycles. The van der Waals surface area contributed by atoms with Gasteiger partial charge in [0.25, 0.3) is 0 Å². The van der Waals surface area contributed by atoms with Crippen molar-refractivity contribution in [3.63, 3.8) is 0 Å². The van der Waals surface area contributed by atoms with Crippen LogP contribution in [-0.4, -0.2) is 37.8 Å². The van der Waals surface area contributed by atoms with Gasteiger partial charge in [-0.1, -0.05) is 0 Å². The van der Waals surface area contributed by atoms with Crippen LogP contribution in [0, 0.1) is 22.7 Å². The van der Waals surface area contributed by atoms with Gasteiger partial charge in [-0.2, -0.15) is 15.6 Å². The van der Waals surface area contributed by atoms with Gasteiger partial charge in [-0.15, -0.1) is 0 Å². The molecule has 3 N–H and O–H groups in total. The minimum Gasteiger partial charge on any atom is -0.423 e. The van der Waals surface area contributed by atoms with Crippen LogP contribution in [-0.2, 0) is 0 Å². The van der Waals surface area contributed by atoms with Crippen molar-refractivity contribution in [1.82, 2.24) is 14.6 Å². The van der Waals surface area contributed by atoms with E-state index in [1.807, 2.05) is 18.2 Å². The molecule has 0 radical (unpaired) electrons. The third-order valence-corrected chi connectivity index (χ3v) is 3.67. The molecular weight excluding hydrogens is 319 g/mol. The molecular formula is C16H13BN6O2. The highest BCUT2D eigenvalue weighted by Crippen LogP contribution is 2.22. The lowest BCUT2D eigenvalue weighted by Gasteiger charge is -2.14. The zero-order valence-electron chi connectivity index (χ0n) is 13.2. The third-order valence-electron chi connectivity index (χ3n) is 3.67. The molecule has 3 heterocycles. The molecule has 0 fully saturated rings. The van der Waals surface area contributed by atoms with Crippen molar-refractivity contribution < 1.29 is 10.0 Å². The van der Waals surface area contributed by atoms with E-state index in [2.05, 4.69) is 15.4 Å². The van der Waals surface area contributed by atoms with Crippen LogP contribution in [0.5, 0.6) is 0 Å². The number of aromatic nitrogens is 3. The molecule has 0 aliphatic rings. The maximum absolute atomic E-state index is 9.49. The van der Waals surface area contributed by atoms with Gasteiger partial charge in [0.1, 0.15) is 12.1 Å². The number of rotatable bonds is 4. The molecule has 8 nitrogen and oxygen atoms in total. The van der Waals surface area contributed by atoms with Crippen molar-refractivity contribution in [2.75, 3.05) is 5.32 Å². The van der Waals surface area contributed by atoms with Crippen molar-refractivity contribution in [2.24, 2.45) is 0 Å². The van der Waals surface area contributed by atoms with Crippen LogP contribution >= 0.6 is 0 Å². The van der Waals surface area contributed by atoms with Crippen molar-refractivity contribution in [3.05, 3.63) is 42.2 Å². The van der Waals surface area contributed by atoms with E-state index < -0.39 is 13.2 Å². The Morgan fingerprint density at radius 2 is 2.04 bits per heavy atom. The molecule has 0 aliphatic carbocycles. The summed E-state index contributed by atoms with van der Waals surface area (Å²) in [6, 6.07) is 10.5. The first-order valence-electron chi connectivity index (χ1n) is 7.44. The molecule has 1 unspecified atom stereocenters. The smallest absolute Gasteiger partial charge is 0.423 e. The lowest BCUT2D eigenvalue weighted by atomic mass is 9.80. The Kier molecular flexibility index (Phi) is 4.35. The van der Waals surface area contributed by atoms with E-state index in [0.29, 0.717) is 22.6 Å². The van der Waals surface area contributed by atoms with Crippen LogP contribution in [0.15, 0.2) is 36.7 Å². The largest absolute Gasteiger partial charge is 0.492 e.